The smallest absolute Gasteiger partial charge is 0.244 e. The Bertz CT molecular complexity index is 962. The van der Waals surface area contributed by atoms with Crippen molar-refractivity contribution in [3.05, 3.63) is 59.7 Å². The molecule has 2 aromatic rings. The van der Waals surface area contributed by atoms with Crippen LogP contribution in [-0.2, 0) is 16.1 Å². The Morgan fingerprint density at radius 1 is 1.09 bits per heavy atom. The van der Waals surface area contributed by atoms with E-state index in [0.717, 1.165) is 42.5 Å². The van der Waals surface area contributed by atoms with Crippen molar-refractivity contribution >= 4 is 23.6 Å². The average molecular weight is 437 g/mol. The molecule has 0 aromatic heterocycles. The predicted octanol–water partition coefficient (Wildman–Crippen LogP) is 4.94. The van der Waals surface area contributed by atoms with Crippen LogP contribution in [0.4, 0.5) is 5.69 Å². The lowest BCUT2D eigenvalue weighted by Gasteiger charge is -2.13. The number of methoxy groups -OCH3 is 1. The van der Waals surface area contributed by atoms with Gasteiger partial charge in [-0.1, -0.05) is 31.0 Å². The summed E-state index contributed by atoms with van der Waals surface area (Å²) in [5.74, 6) is 1.30. The van der Waals surface area contributed by atoms with Gasteiger partial charge in [-0.15, -0.1) is 0 Å². The Morgan fingerprint density at radius 2 is 1.88 bits per heavy atom. The lowest BCUT2D eigenvalue weighted by molar-refractivity contribution is -0.119. The van der Waals surface area contributed by atoms with E-state index >= 15 is 0 Å². The van der Waals surface area contributed by atoms with Crippen LogP contribution in [-0.4, -0.2) is 25.0 Å². The second kappa shape index (κ2) is 11.4. The van der Waals surface area contributed by atoms with Crippen LogP contribution in [0.3, 0.4) is 0 Å². The van der Waals surface area contributed by atoms with Gasteiger partial charge >= 0.3 is 0 Å². The van der Waals surface area contributed by atoms with Crippen molar-refractivity contribution in [2.75, 3.05) is 12.4 Å². The zero-order valence-corrected chi connectivity index (χ0v) is 19.0. The van der Waals surface area contributed by atoms with Crippen LogP contribution >= 0.6 is 0 Å². The summed E-state index contributed by atoms with van der Waals surface area (Å²) < 4.78 is 11.1. The number of carbonyl (C=O) groups is 2. The molecular weight excluding hydrogens is 404 g/mol. The summed E-state index contributed by atoms with van der Waals surface area (Å²) in [6, 6.07) is 13.1. The van der Waals surface area contributed by atoms with Crippen LogP contribution in [0.25, 0.3) is 6.08 Å². The molecule has 1 saturated carbocycles. The summed E-state index contributed by atoms with van der Waals surface area (Å²) >= 11 is 0. The van der Waals surface area contributed by atoms with Crippen LogP contribution in [0.5, 0.6) is 11.5 Å². The van der Waals surface area contributed by atoms with Crippen molar-refractivity contribution in [2.45, 2.75) is 52.2 Å². The molecule has 0 atom stereocenters. The van der Waals surface area contributed by atoms with Gasteiger partial charge in [-0.2, -0.15) is 0 Å². The summed E-state index contributed by atoms with van der Waals surface area (Å²) in [5, 5.41) is 5.87. The van der Waals surface area contributed by atoms with Gasteiger partial charge in [-0.3, -0.25) is 9.59 Å². The number of anilines is 1. The number of hydrogen-bond acceptors (Lipinski definition) is 4. The number of nitrogens with one attached hydrogen (secondary N) is 2. The number of carbonyl (C=O) groups excluding carboxylic acids is 2. The summed E-state index contributed by atoms with van der Waals surface area (Å²) in [7, 11) is 1.59. The van der Waals surface area contributed by atoms with Crippen LogP contribution in [0.15, 0.2) is 48.5 Å². The highest BCUT2D eigenvalue weighted by Gasteiger charge is 2.22. The highest BCUT2D eigenvalue weighted by molar-refractivity contribution is 5.93. The second-order valence-electron chi connectivity index (χ2n) is 8.30. The van der Waals surface area contributed by atoms with Gasteiger partial charge in [0, 0.05) is 24.2 Å². The Hall–Kier alpha value is -3.28. The van der Waals surface area contributed by atoms with Gasteiger partial charge in [0.05, 0.1) is 13.2 Å². The lowest BCUT2D eigenvalue weighted by Crippen LogP contribution is -2.21. The maximum Gasteiger partial charge on any atom is 0.244 e. The van der Waals surface area contributed by atoms with E-state index in [2.05, 4.69) is 10.6 Å². The number of rotatable bonds is 9. The van der Waals surface area contributed by atoms with Crippen molar-refractivity contribution < 1.29 is 19.1 Å². The number of benzene rings is 2. The molecule has 0 unspecified atom stereocenters. The van der Waals surface area contributed by atoms with Crippen molar-refractivity contribution in [3.8, 4) is 11.5 Å². The van der Waals surface area contributed by atoms with Crippen LogP contribution in [0, 0.1) is 5.92 Å². The first-order valence-corrected chi connectivity index (χ1v) is 11.1. The Kier molecular flexibility index (Phi) is 8.31. The SMILES string of the molecule is COc1cc(/C=C/C(=O)NCc2cccc(NC(=O)C3CCCC3)c2)ccc1OC(C)C. The van der Waals surface area contributed by atoms with E-state index in [4.69, 9.17) is 9.47 Å². The molecule has 2 aromatic carbocycles. The molecule has 3 rings (SSSR count). The largest absolute Gasteiger partial charge is 0.493 e. The van der Waals surface area contributed by atoms with Crippen molar-refractivity contribution in [3.63, 3.8) is 0 Å². The van der Waals surface area contributed by atoms with E-state index in [0.29, 0.717) is 18.0 Å². The fourth-order valence-electron chi connectivity index (χ4n) is 3.75. The van der Waals surface area contributed by atoms with E-state index in [-0.39, 0.29) is 23.8 Å². The molecule has 6 heteroatoms. The summed E-state index contributed by atoms with van der Waals surface area (Å²) in [6.45, 7) is 4.29. The molecule has 2 amide bonds. The number of hydrogen-bond donors (Lipinski definition) is 2. The molecule has 0 saturated heterocycles. The molecule has 1 aliphatic rings. The van der Waals surface area contributed by atoms with E-state index in [9.17, 15) is 9.59 Å². The first-order valence-electron chi connectivity index (χ1n) is 11.1. The first-order chi connectivity index (χ1) is 15.4. The highest BCUT2D eigenvalue weighted by atomic mass is 16.5. The van der Waals surface area contributed by atoms with Crippen molar-refractivity contribution in [2.24, 2.45) is 5.92 Å². The maximum absolute atomic E-state index is 12.3. The van der Waals surface area contributed by atoms with E-state index < -0.39 is 0 Å². The standard InChI is InChI=1S/C26H32N2O4/c1-18(2)32-23-13-11-19(16-24(23)31-3)12-14-25(29)27-17-20-7-6-10-22(15-20)28-26(30)21-8-4-5-9-21/h6-7,10-16,18,21H,4-5,8-9,17H2,1-3H3,(H,27,29)(H,28,30)/b14-12+. The molecule has 0 bridgehead atoms. The van der Waals surface area contributed by atoms with Gasteiger partial charge in [0.25, 0.3) is 0 Å². The molecule has 1 fully saturated rings. The third-order valence-corrected chi connectivity index (χ3v) is 5.36. The fourth-order valence-corrected chi connectivity index (χ4v) is 3.75. The number of amides is 2. The van der Waals surface area contributed by atoms with Gasteiger partial charge in [0.15, 0.2) is 11.5 Å². The lowest BCUT2D eigenvalue weighted by atomic mass is 10.1. The van der Waals surface area contributed by atoms with Gasteiger partial charge in [0.2, 0.25) is 11.8 Å². The molecule has 0 heterocycles. The minimum Gasteiger partial charge on any atom is -0.493 e. The minimum absolute atomic E-state index is 0.0469. The summed E-state index contributed by atoms with van der Waals surface area (Å²) in [6.07, 6.45) is 7.45. The minimum atomic E-state index is -0.202. The maximum atomic E-state index is 12.3. The molecule has 170 valence electrons. The molecule has 0 radical (unpaired) electrons. The van der Waals surface area contributed by atoms with Gasteiger partial charge < -0.3 is 20.1 Å². The monoisotopic (exact) mass is 436 g/mol. The third-order valence-electron chi connectivity index (χ3n) is 5.36. The molecule has 6 nitrogen and oxygen atoms in total. The molecular formula is C26H32N2O4. The number of ether oxygens (including phenoxy) is 2. The molecule has 2 N–H and O–H groups in total. The predicted molar refractivity (Wildman–Crippen MR) is 127 cm³/mol. The summed E-state index contributed by atoms with van der Waals surface area (Å²) in [5.41, 5.74) is 2.53. The first kappa shape index (κ1) is 23.4. The normalized spacial score (nSPS) is 14.0. The Morgan fingerprint density at radius 3 is 2.59 bits per heavy atom. The van der Waals surface area contributed by atoms with Crippen LogP contribution in [0.1, 0.15) is 50.7 Å². The quantitative estimate of drug-likeness (QED) is 0.546. The fraction of sp³-hybridized carbons (Fsp3) is 0.385. The van der Waals surface area contributed by atoms with Crippen molar-refractivity contribution in [1.29, 1.82) is 0 Å². The molecule has 1 aliphatic carbocycles. The van der Waals surface area contributed by atoms with Gasteiger partial charge in [-0.05, 0) is 68.2 Å². The zero-order chi connectivity index (χ0) is 22.9. The molecule has 0 spiro atoms. The van der Waals surface area contributed by atoms with Gasteiger partial charge in [0.1, 0.15) is 0 Å². The second-order valence-corrected chi connectivity index (χ2v) is 8.30. The Labute approximate surface area is 190 Å². The third kappa shape index (κ3) is 6.87. The van der Waals surface area contributed by atoms with Crippen LogP contribution < -0.4 is 20.1 Å². The summed E-state index contributed by atoms with van der Waals surface area (Å²) in [4.78, 5) is 24.6. The van der Waals surface area contributed by atoms with Crippen molar-refractivity contribution in [1.82, 2.24) is 5.32 Å². The van der Waals surface area contributed by atoms with E-state index in [1.54, 1.807) is 13.2 Å². The topological polar surface area (TPSA) is 76.7 Å². The van der Waals surface area contributed by atoms with Crippen LogP contribution in [0.2, 0.25) is 0 Å². The highest BCUT2D eigenvalue weighted by Crippen LogP contribution is 2.29. The molecule has 32 heavy (non-hydrogen) atoms. The zero-order valence-electron chi connectivity index (χ0n) is 19.0. The van der Waals surface area contributed by atoms with E-state index in [1.165, 1.54) is 6.08 Å². The van der Waals surface area contributed by atoms with E-state index in [1.807, 2.05) is 56.3 Å². The van der Waals surface area contributed by atoms with Gasteiger partial charge in [-0.25, -0.2) is 0 Å². The Balaban J connectivity index is 1.53. The average Bonchev–Trinajstić information content (AvgIpc) is 3.32. The molecule has 0 aliphatic heterocycles.